The molecule has 0 spiro atoms. The lowest BCUT2D eigenvalue weighted by Gasteiger charge is -2.18. The quantitative estimate of drug-likeness (QED) is 0.167. The second kappa shape index (κ2) is 17.7. The summed E-state index contributed by atoms with van der Waals surface area (Å²) in [5.74, 6) is -3.07. The number of esters is 2. The van der Waals surface area contributed by atoms with Crippen LogP contribution in [-0.4, -0.2) is 57.0 Å². The Morgan fingerprint density at radius 1 is 0.617 bits per heavy atom. The average Bonchev–Trinajstić information content (AvgIpc) is 3.00. The Bertz CT molecular complexity index is 1570. The number of nitrogens with one attached hydrogen (secondary N) is 2. The molecule has 2 N–H and O–H groups in total. The van der Waals surface area contributed by atoms with Gasteiger partial charge in [0.15, 0.2) is 0 Å². The van der Waals surface area contributed by atoms with E-state index in [2.05, 4.69) is 23.8 Å². The third-order valence-corrected chi connectivity index (χ3v) is 8.60. The minimum atomic E-state index is -4.33. The highest BCUT2D eigenvalue weighted by Gasteiger charge is 2.28. The van der Waals surface area contributed by atoms with Crippen molar-refractivity contribution in [2.45, 2.75) is 76.0 Å². The van der Waals surface area contributed by atoms with Crippen molar-refractivity contribution in [1.29, 1.82) is 0 Å². The maximum Gasteiger partial charge on any atom is 0.333 e. The molecule has 12 nitrogen and oxygen atoms in total. The molecule has 0 saturated heterocycles. The van der Waals surface area contributed by atoms with Crippen molar-refractivity contribution in [3.63, 3.8) is 0 Å². The molecule has 0 radical (unpaired) electrons. The van der Waals surface area contributed by atoms with E-state index < -0.39 is 33.6 Å². The van der Waals surface area contributed by atoms with Crippen molar-refractivity contribution in [2.75, 3.05) is 23.8 Å². The predicted molar refractivity (Wildman–Crippen MR) is 174 cm³/mol. The number of benzene rings is 2. The molecule has 47 heavy (non-hydrogen) atoms. The van der Waals surface area contributed by atoms with Gasteiger partial charge in [-0.3, -0.25) is 19.2 Å². The van der Waals surface area contributed by atoms with Gasteiger partial charge in [-0.1, -0.05) is 37.4 Å². The summed E-state index contributed by atoms with van der Waals surface area (Å²) in [4.78, 5) is 72.5. The molecule has 0 saturated carbocycles. The topological polar surface area (TPSA) is 179 Å². The van der Waals surface area contributed by atoms with Crippen molar-refractivity contribution in [3.05, 3.63) is 71.8 Å². The summed E-state index contributed by atoms with van der Waals surface area (Å²) in [5.41, 5.74) is 1.34. The third-order valence-electron chi connectivity index (χ3n) is 6.76. The van der Waals surface area contributed by atoms with E-state index in [0.717, 1.165) is 0 Å². The molecule has 0 aromatic heterocycles. The minimum absolute atomic E-state index is 0.0251. The van der Waals surface area contributed by atoms with Crippen LogP contribution in [0.5, 0.6) is 0 Å². The SMILES string of the molecule is C=C(C)C(=O)OCCC(=O)CCC(=O)Nc1c(C)cccc1S(=O)(=O)c1cccc(C)c1NC(=O)CCC(=O)CCOC(=O)C(=C)C. The van der Waals surface area contributed by atoms with Gasteiger partial charge in [0.05, 0.1) is 34.4 Å². The van der Waals surface area contributed by atoms with Crippen LogP contribution in [-0.2, 0) is 48.1 Å². The standard InChI is InChI=1S/C34H40N2O10S/c1-21(2)33(41)45-19-17-25(37)13-15-29(39)35-31-23(5)9-7-11-27(31)47(43,44)28-12-8-10-24(6)32(28)36-30(40)16-14-26(38)18-20-46-34(42)22(3)4/h7-12H,1,3,13-20H2,2,4-6H3,(H,35,39)(H,36,40). The second-order valence-electron chi connectivity index (χ2n) is 10.9. The zero-order valence-corrected chi connectivity index (χ0v) is 27.8. The Balaban J connectivity index is 2.15. The molecule has 2 aromatic carbocycles. The molecule has 0 fully saturated rings. The molecule has 0 atom stereocenters. The Kier molecular flexibility index (Phi) is 14.4. The first-order valence-electron chi connectivity index (χ1n) is 14.8. The van der Waals surface area contributed by atoms with Gasteiger partial charge in [0.25, 0.3) is 0 Å². The number of carbonyl (C=O) groups excluding carboxylic acids is 6. The van der Waals surface area contributed by atoms with Crippen LogP contribution in [0.25, 0.3) is 0 Å². The molecule has 0 aliphatic carbocycles. The average molecular weight is 669 g/mol. The van der Waals surface area contributed by atoms with E-state index in [1.54, 1.807) is 26.0 Å². The molecule has 0 bridgehead atoms. The molecule has 252 valence electrons. The highest BCUT2D eigenvalue weighted by atomic mass is 32.2. The summed E-state index contributed by atoms with van der Waals surface area (Å²) >= 11 is 0. The minimum Gasteiger partial charge on any atom is -0.462 e. The molecule has 0 unspecified atom stereocenters. The van der Waals surface area contributed by atoms with E-state index in [1.807, 2.05) is 0 Å². The maximum absolute atomic E-state index is 14.0. The Morgan fingerprint density at radius 2 is 0.979 bits per heavy atom. The number of ether oxygens (including phenoxy) is 2. The second-order valence-corrected chi connectivity index (χ2v) is 12.8. The number of sulfone groups is 1. The molecule has 2 rings (SSSR count). The van der Waals surface area contributed by atoms with Crippen molar-refractivity contribution in [2.24, 2.45) is 0 Å². The lowest BCUT2D eigenvalue weighted by Crippen LogP contribution is -2.19. The van der Waals surface area contributed by atoms with Gasteiger partial charge in [0.1, 0.15) is 11.6 Å². The Hall–Kier alpha value is -4.91. The molecular weight excluding hydrogens is 628 g/mol. The zero-order valence-electron chi connectivity index (χ0n) is 27.0. The van der Waals surface area contributed by atoms with E-state index in [9.17, 15) is 37.2 Å². The predicted octanol–water partition coefficient (Wildman–Crippen LogP) is 4.73. The molecular formula is C34H40N2O10S. The number of amides is 2. The van der Waals surface area contributed by atoms with Crippen LogP contribution >= 0.6 is 0 Å². The fraction of sp³-hybridized carbons (Fsp3) is 0.353. The number of Topliss-reactive ketones (excluding diaryl/α,β-unsaturated/α-hetero) is 2. The van der Waals surface area contributed by atoms with Crippen molar-refractivity contribution in [3.8, 4) is 0 Å². The third kappa shape index (κ3) is 11.8. The molecule has 0 heterocycles. The number of aryl methyl sites for hydroxylation is 2. The molecule has 0 aliphatic heterocycles. The molecule has 0 aliphatic rings. The van der Waals surface area contributed by atoms with Crippen molar-refractivity contribution in [1.82, 2.24) is 0 Å². The number of anilines is 2. The van der Waals surface area contributed by atoms with Gasteiger partial charge in [0.2, 0.25) is 21.7 Å². The Morgan fingerprint density at radius 3 is 1.32 bits per heavy atom. The van der Waals surface area contributed by atoms with E-state index in [-0.39, 0.29) is 95.6 Å². The number of rotatable bonds is 18. The smallest absolute Gasteiger partial charge is 0.333 e. The zero-order chi connectivity index (χ0) is 35.3. The van der Waals surface area contributed by atoms with Gasteiger partial charge < -0.3 is 20.1 Å². The van der Waals surface area contributed by atoms with E-state index in [4.69, 9.17) is 9.47 Å². The number of para-hydroxylation sites is 2. The Labute approximate surface area is 274 Å². The van der Waals surface area contributed by atoms with Crippen LogP contribution in [0.4, 0.5) is 11.4 Å². The van der Waals surface area contributed by atoms with Gasteiger partial charge in [-0.05, 0) is 51.0 Å². The van der Waals surface area contributed by atoms with Crippen LogP contribution in [0.1, 0.15) is 63.5 Å². The number of hydrogen-bond donors (Lipinski definition) is 2. The van der Waals surface area contributed by atoms with E-state index in [1.165, 1.54) is 38.1 Å². The van der Waals surface area contributed by atoms with Gasteiger partial charge in [-0.25, -0.2) is 18.0 Å². The summed E-state index contributed by atoms with van der Waals surface area (Å²) in [5, 5.41) is 5.22. The summed E-state index contributed by atoms with van der Waals surface area (Å²) < 4.78 is 37.8. The molecule has 2 aromatic rings. The van der Waals surface area contributed by atoms with Crippen molar-refractivity contribution >= 4 is 56.5 Å². The van der Waals surface area contributed by atoms with Gasteiger partial charge >= 0.3 is 11.9 Å². The van der Waals surface area contributed by atoms with Crippen LogP contribution in [0.3, 0.4) is 0 Å². The van der Waals surface area contributed by atoms with Gasteiger partial charge in [0, 0.05) is 49.7 Å². The van der Waals surface area contributed by atoms with Crippen LogP contribution in [0.15, 0.2) is 70.5 Å². The fourth-order valence-corrected chi connectivity index (χ4v) is 5.80. The summed E-state index contributed by atoms with van der Waals surface area (Å²) in [7, 11) is -4.33. The lowest BCUT2D eigenvalue weighted by molar-refractivity contribution is -0.141. The molecule has 13 heteroatoms. The largest absolute Gasteiger partial charge is 0.462 e. The van der Waals surface area contributed by atoms with Gasteiger partial charge in [-0.15, -0.1) is 0 Å². The lowest BCUT2D eigenvalue weighted by atomic mass is 10.1. The monoisotopic (exact) mass is 668 g/mol. The van der Waals surface area contributed by atoms with E-state index in [0.29, 0.717) is 11.1 Å². The maximum atomic E-state index is 14.0. The van der Waals surface area contributed by atoms with Gasteiger partial charge in [-0.2, -0.15) is 0 Å². The number of hydrogen-bond acceptors (Lipinski definition) is 10. The number of ketones is 2. The summed E-state index contributed by atoms with van der Waals surface area (Å²) in [6.45, 7) is 12.8. The highest BCUT2D eigenvalue weighted by molar-refractivity contribution is 7.91. The normalized spacial score (nSPS) is 10.8. The molecule has 2 amide bonds. The van der Waals surface area contributed by atoms with E-state index >= 15 is 0 Å². The first kappa shape index (κ1) is 38.3. The summed E-state index contributed by atoms with van der Waals surface area (Å²) in [6, 6.07) is 8.91. The van der Waals surface area contributed by atoms with Crippen LogP contribution in [0, 0.1) is 13.8 Å². The first-order chi connectivity index (χ1) is 22.0. The van der Waals surface area contributed by atoms with Crippen LogP contribution < -0.4 is 10.6 Å². The first-order valence-corrected chi connectivity index (χ1v) is 16.3. The highest BCUT2D eigenvalue weighted by Crippen LogP contribution is 2.35. The number of carbonyl (C=O) groups is 6. The van der Waals surface area contributed by atoms with Crippen molar-refractivity contribution < 1.29 is 46.7 Å². The summed E-state index contributed by atoms with van der Waals surface area (Å²) in [6.07, 6.45) is -0.945. The fourth-order valence-electron chi connectivity index (χ4n) is 4.09. The van der Waals surface area contributed by atoms with Crippen LogP contribution in [0.2, 0.25) is 0 Å².